The predicted octanol–water partition coefficient (Wildman–Crippen LogP) is 2.99. The number of carboxylic acid groups (broad SMARTS) is 1. The van der Waals surface area contributed by atoms with E-state index in [9.17, 15) is 9.59 Å². The molecular formula is C14H11ClN2O3. The third-order valence-electron chi connectivity index (χ3n) is 2.71. The topological polar surface area (TPSA) is 79.3 Å². The van der Waals surface area contributed by atoms with Crippen LogP contribution in [-0.4, -0.2) is 22.0 Å². The molecule has 0 radical (unpaired) electrons. The Labute approximate surface area is 120 Å². The highest BCUT2D eigenvalue weighted by atomic mass is 35.5. The van der Waals surface area contributed by atoms with Gasteiger partial charge in [0.15, 0.2) is 0 Å². The molecule has 0 fully saturated rings. The molecule has 1 aromatic heterocycles. The van der Waals surface area contributed by atoms with E-state index in [0.29, 0.717) is 5.56 Å². The number of carbonyl (C=O) groups excluding carboxylic acids is 1. The number of aryl methyl sites for hydroxylation is 1. The first kappa shape index (κ1) is 14.0. The molecule has 0 saturated heterocycles. The zero-order valence-corrected chi connectivity index (χ0v) is 11.3. The van der Waals surface area contributed by atoms with Gasteiger partial charge in [0.2, 0.25) is 0 Å². The number of carboxylic acids is 1. The van der Waals surface area contributed by atoms with E-state index in [1.807, 2.05) is 0 Å². The standard InChI is InChI=1S/C14H11ClN2O3/c1-8-4-3-7-16-11(8)13(18)17-12-9(14(19)20)5-2-6-10(12)15/h2-7H,1H3,(H,17,18)(H,19,20). The summed E-state index contributed by atoms with van der Waals surface area (Å²) >= 11 is 5.95. The van der Waals surface area contributed by atoms with Crippen LogP contribution in [0.5, 0.6) is 0 Å². The number of benzene rings is 1. The van der Waals surface area contributed by atoms with Crippen LogP contribution in [0, 0.1) is 6.92 Å². The Hall–Kier alpha value is -2.40. The number of anilines is 1. The van der Waals surface area contributed by atoms with Crippen molar-refractivity contribution in [2.24, 2.45) is 0 Å². The summed E-state index contributed by atoms with van der Waals surface area (Å²) in [6.45, 7) is 1.74. The molecule has 2 N–H and O–H groups in total. The van der Waals surface area contributed by atoms with Crippen molar-refractivity contribution in [2.75, 3.05) is 5.32 Å². The van der Waals surface area contributed by atoms with Crippen LogP contribution in [0.3, 0.4) is 0 Å². The van der Waals surface area contributed by atoms with E-state index in [-0.39, 0.29) is 22.0 Å². The Morgan fingerprint density at radius 2 is 2.00 bits per heavy atom. The van der Waals surface area contributed by atoms with Gasteiger partial charge in [-0.3, -0.25) is 9.78 Å². The van der Waals surface area contributed by atoms with Crippen LogP contribution in [0.4, 0.5) is 5.69 Å². The number of aromatic nitrogens is 1. The Bertz CT molecular complexity index is 686. The quantitative estimate of drug-likeness (QED) is 0.911. The molecule has 0 atom stereocenters. The van der Waals surface area contributed by atoms with Crippen LogP contribution >= 0.6 is 11.6 Å². The lowest BCUT2D eigenvalue weighted by molar-refractivity contribution is 0.0698. The van der Waals surface area contributed by atoms with Crippen molar-refractivity contribution >= 4 is 29.2 Å². The zero-order valence-electron chi connectivity index (χ0n) is 10.6. The highest BCUT2D eigenvalue weighted by Crippen LogP contribution is 2.26. The summed E-state index contributed by atoms with van der Waals surface area (Å²) in [6, 6.07) is 7.84. The van der Waals surface area contributed by atoms with Gasteiger partial charge in [-0.25, -0.2) is 4.79 Å². The molecule has 0 aliphatic heterocycles. The normalized spacial score (nSPS) is 10.1. The summed E-state index contributed by atoms with van der Waals surface area (Å²) in [6.07, 6.45) is 1.49. The molecule has 0 aliphatic rings. The first-order valence-electron chi connectivity index (χ1n) is 5.75. The highest BCUT2D eigenvalue weighted by molar-refractivity contribution is 6.34. The maximum Gasteiger partial charge on any atom is 0.337 e. The number of aromatic carboxylic acids is 1. The molecule has 6 heteroatoms. The molecule has 2 rings (SSSR count). The molecule has 1 heterocycles. The first-order chi connectivity index (χ1) is 9.50. The van der Waals surface area contributed by atoms with Crippen molar-refractivity contribution in [3.8, 4) is 0 Å². The van der Waals surface area contributed by atoms with E-state index in [4.69, 9.17) is 16.7 Å². The zero-order chi connectivity index (χ0) is 14.7. The molecule has 102 valence electrons. The number of pyridine rings is 1. The molecule has 1 amide bonds. The van der Waals surface area contributed by atoms with E-state index < -0.39 is 11.9 Å². The number of nitrogens with zero attached hydrogens (tertiary/aromatic N) is 1. The number of amides is 1. The molecular weight excluding hydrogens is 280 g/mol. The lowest BCUT2D eigenvalue weighted by Crippen LogP contribution is -2.17. The van der Waals surface area contributed by atoms with Crippen molar-refractivity contribution in [3.05, 3.63) is 58.4 Å². The molecule has 2 aromatic rings. The van der Waals surface area contributed by atoms with Gasteiger partial charge < -0.3 is 10.4 Å². The smallest absolute Gasteiger partial charge is 0.337 e. The Morgan fingerprint density at radius 3 is 2.65 bits per heavy atom. The molecule has 0 saturated carbocycles. The molecule has 0 spiro atoms. The lowest BCUT2D eigenvalue weighted by atomic mass is 10.1. The summed E-state index contributed by atoms with van der Waals surface area (Å²) in [5, 5.41) is 11.8. The van der Waals surface area contributed by atoms with Gasteiger partial charge in [0.25, 0.3) is 5.91 Å². The third kappa shape index (κ3) is 2.78. The fraction of sp³-hybridized carbons (Fsp3) is 0.0714. The Balaban J connectivity index is 2.38. The largest absolute Gasteiger partial charge is 0.478 e. The number of hydrogen-bond donors (Lipinski definition) is 2. The average molecular weight is 291 g/mol. The number of nitrogens with one attached hydrogen (secondary N) is 1. The monoisotopic (exact) mass is 290 g/mol. The fourth-order valence-corrected chi connectivity index (χ4v) is 1.95. The van der Waals surface area contributed by atoms with Crippen LogP contribution in [0.2, 0.25) is 5.02 Å². The van der Waals surface area contributed by atoms with E-state index in [2.05, 4.69) is 10.3 Å². The third-order valence-corrected chi connectivity index (χ3v) is 3.02. The van der Waals surface area contributed by atoms with Crippen LogP contribution in [0.15, 0.2) is 36.5 Å². The summed E-state index contributed by atoms with van der Waals surface area (Å²) in [5.74, 6) is -1.67. The maximum atomic E-state index is 12.1. The van der Waals surface area contributed by atoms with Crippen LogP contribution in [-0.2, 0) is 0 Å². The van der Waals surface area contributed by atoms with E-state index in [0.717, 1.165) is 0 Å². The van der Waals surface area contributed by atoms with E-state index in [1.165, 1.54) is 24.4 Å². The summed E-state index contributed by atoms with van der Waals surface area (Å²) in [4.78, 5) is 27.2. The van der Waals surface area contributed by atoms with E-state index >= 15 is 0 Å². The van der Waals surface area contributed by atoms with Crippen molar-refractivity contribution in [3.63, 3.8) is 0 Å². The van der Waals surface area contributed by atoms with Gasteiger partial charge in [-0.1, -0.05) is 23.7 Å². The van der Waals surface area contributed by atoms with Gasteiger partial charge in [0.05, 0.1) is 16.3 Å². The second kappa shape index (κ2) is 5.71. The molecule has 0 aliphatic carbocycles. The predicted molar refractivity (Wildman–Crippen MR) is 75.3 cm³/mol. The first-order valence-corrected chi connectivity index (χ1v) is 6.13. The minimum absolute atomic E-state index is 0.0664. The average Bonchev–Trinajstić information content (AvgIpc) is 2.41. The van der Waals surface area contributed by atoms with Crippen molar-refractivity contribution in [2.45, 2.75) is 6.92 Å². The highest BCUT2D eigenvalue weighted by Gasteiger charge is 2.17. The fourth-order valence-electron chi connectivity index (χ4n) is 1.73. The van der Waals surface area contributed by atoms with Gasteiger partial charge in [-0.15, -0.1) is 0 Å². The number of hydrogen-bond acceptors (Lipinski definition) is 3. The van der Waals surface area contributed by atoms with Crippen molar-refractivity contribution in [1.29, 1.82) is 0 Å². The number of carbonyl (C=O) groups is 2. The van der Waals surface area contributed by atoms with Crippen molar-refractivity contribution in [1.82, 2.24) is 4.98 Å². The minimum Gasteiger partial charge on any atom is -0.478 e. The van der Waals surface area contributed by atoms with Gasteiger partial charge in [-0.05, 0) is 30.7 Å². The Kier molecular flexibility index (Phi) is 4.00. The molecule has 5 nitrogen and oxygen atoms in total. The number of rotatable bonds is 3. The summed E-state index contributed by atoms with van der Waals surface area (Å²) in [5.41, 5.74) is 0.911. The SMILES string of the molecule is Cc1cccnc1C(=O)Nc1c(Cl)cccc1C(=O)O. The minimum atomic E-state index is -1.17. The van der Waals surface area contributed by atoms with Gasteiger partial charge in [0.1, 0.15) is 5.69 Å². The van der Waals surface area contributed by atoms with Crippen LogP contribution in [0.25, 0.3) is 0 Å². The number of para-hydroxylation sites is 1. The second-order valence-corrected chi connectivity index (χ2v) is 4.50. The summed E-state index contributed by atoms with van der Waals surface area (Å²) in [7, 11) is 0. The van der Waals surface area contributed by atoms with Gasteiger partial charge >= 0.3 is 5.97 Å². The van der Waals surface area contributed by atoms with Crippen molar-refractivity contribution < 1.29 is 14.7 Å². The van der Waals surface area contributed by atoms with Gasteiger partial charge in [-0.2, -0.15) is 0 Å². The second-order valence-electron chi connectivity index (χ2n) is 4.09. The maximum absolute atomic E-state index is 12.1. The molecule has 0 bridgehead atoms. The Morgan fingerprint density at radius 1 is 1.25 bits per heavy atom. The summed E-state index contributed by atoms with van der Waals surface area (Å²) < 4.78 is 0. The number of halogens is 1. The molecule has 1 aromatic carbocycles. The van der Waals surface area contributed by atoms with Crippen LogP contribution in [0.1, 0.15) is 26.4 Å². The van der Waals surface area contributed by atoms with Gasteiger partial charge in [0, 0.05) is 6.20 Å². The lowest BCUT2D eigenvalue weighted by Gasteiger charge is -2.10. The van der Waals surface area contributed by atoms with Crippen LogP contribution < -0.4 is 5.32 Å². The van der Waals surface area contributed by atoms with E-state index in [1.54, 1.807) is 19.1 Å². The molecule has 20 heavy (non-hydrogen) atoms. The molecule has 0 unspecified atom stereocenters.